The first-order chi connectivity index (χ1) is 12.6. The number of rotatable bonds is 3. The van der Waals surface area contributed by atoms with Gasteiger partial charge in [0.2, 0.25) is 5.79 Å². The number of methoxy groups -OCH3 is 1. The summed E-state index contributed by atoms with van der Waals surface area (Å²) in [6.07, 6.45) is 1.55. The van der Waals surface area contributed by atoms with E-state index in [0.717, 1.165) is 0 Å². The van der Waals surface area contributed by atoms with Gasteiger partial charge in [0.1, 0.15) is 0 Å². The third-order valence-corrected chi connectivity index (χ3v) is 4.27. The van der Waals surface area contributed by atoms with Crippen molar-refractivity contribution >= 4 is 29.5 Å². The average Bonchev–Trinajstić information content (AvgIpc) is 3.30. The lowest BCUT2D eigenvalue weighted by Gasteiger charge is -2.21. The monoisotopic (exact) mass is 352 g/mol. The predicted octanol–water partition coefficient (Wildman–Crippen LogP) is 2.64. The molecule has 0 radical (unpaired) electrons. The summed E-state index contributed by atoms with van der Waals surface area (Å²) in [5.41, 5.74) is 2.24. The van der Waals surface area contributed by atoms with Gasteiger partial charge in [-0.3, -0.25) is 9.79 Å². The number of hydrogen-bond donors (Lipinski definition) is 1. The van der Waals surface area contributed by atoms with Gasteiger partial charge in [-0.05, 0) is 24.3 Å². The van der Waals surface area contributed by atoms with E-state index >= 15 is 0 Å². The Kier molecular flexibility index (Phi) is 4.02. The van der Waals surface area contributed by atoms with E-state index in [2.05, 4.69) is 10.3 Å². The van der Waals surface area contributed by atoms with Crippen LogP contribution in [-0.4, -0.2) is 38.4 Å². The van der Waals surface area contributed by atoms with E-state index in [0.29, 0.717) is 35.7 Å². The van der Waals surface area contributed by atoms with Gasteiger partial charge >= 0.3 is 5.97 Å². The molecule has 1 N–H and O–H groups in total. The molecule has 2 aliphatic rings. The maximum atomic E-state index is 12.5. The fourth-order valence-electron chi connectivity index (χ4n) is 3.03. The van der Waals surface area contributed by atoms with Crippen LogP contribution >= 0.6 is 0 Å². The number of anilines is 1. The topological polar surface area (TPSA) is 86.2 Å². The van der Waals surface area contributed by atoms with Gasteiger partial charge in [0.05, 0.1) is 43.5 Å². The summed E-state index contributed by atoms with van der Waals surface area (Å²) in [6.45, 7) is 0.833. The molecule has 7 heteroatoms. The molecule has 4 rings (SSSR count). The molecule has 2 aliphatic heterocycles. The molecule has 1 spiro atoms. The molecule has 7 nitrogen and oxygen atoms in total. The Morgan fingerprint density at radius 2 is 1.85 bits per heavy atom. The largest absolute Gasteiger partial charge is 0.465 e. The SMILES string of the molecule is COC(=O)c1cc(NC(=O)c2ccccc2)c2c(c1)C1(C=N2)OCCO1. The van der Waals surface area contributed by atoms with Crippen LogP contribution in [0, 0.1) is 0 Å². The Morgan fingerprint density at radius 3 is 2.54 bits per heavy atom. The number of carbonyl (C=O) groups excluding carboxylic acids is 2. The van der Waals surface area contributed by atoms with Crippen molar-refractivity contribution in [3.63, 3.8) is 0 Å². The molecule has 1 amide bonds. The molecule has 0 unspecified atom stereocenters. The van der Waals surface area contributed by atoms with Gasteiger partial charge in [0.15, 0.2) is 0 Å². The molecule has 0 bridgehead atoms. The van der Waals surface area contributed by atoms with Gasteiger partial charge in [-0.1, -0.05) is 18.2 Å². The minimum atomic E-state index is -1.12. The van der Waals surface area contributed by atoms with E-state index in [1.165, 1.54) is 13.2 Å². The number of fused-ring (bicyclic) bond motifs is 2. The van der Waals surface area contributed by atoms with Crippen molar-refractivity contribution in [3.8, 4) is 0 Å². The van der Waals surface area contributed by atoms with E-state index in [1.807, 2.05) is 6.07 Å². The smallest absolute Gasteiger partial charge is 0.337 e. The van der Waals surface area contributed by atoms with Crippen LogP contribution in [0.1, 0.15) is 26.3 Å². The lowest BCUT2D eigenvalue weighted by Crippen LogP contribution is -2.26. The number of aliphatic imine (C=N–C) groups is 1. The minimum absolute atomic E-state index is 0.276. The van der Waals surface area contributed by atoms with E-state index in [4.69, 9.17) is 14.2 Å². The average molecular weight is 352 g/mol. The molecular formula is C19H16N2O5. The zero-order chi connectivity index (χ0) is 18.1. The molecule has 0 aliphatic carbocycles. The third kappa shape index (κ3) is 2.67. The van der Waals surface area contributed by atoms with Crippen molar-refractivity contribution in [1.82, 2.24) is 0 Å². The Hall–Kier alpha value is -3.03. The number of carbonyl (C=O) groups is 2. The number of esters is 1. The van der Waals surface area contributed by atoms with Crippen LogP contribution in [0.3, 0.4) is 0 Å². The van der Waals surface area contributed by atoms with Gasteiger partial charge in [0, 0.05) is 11.1 Å². The molecule has 2 aromatic carbocycles. The number of nitrogens with one attached hydrogen (secondary N) is 1. The number of ether oxygens (including phenoxy) is 3. The zero-order valence-corrected chi connectivity index (χ0v) is 14.0. The maximum Gasteiger partial charge on any atom is 0.337 e. The minimum Gasteiger partial charge on any atom is -0.465 e. The molecule has 2 heterocycles. The summed E-state index contributed by atoms with van der Waals surface area (Å²) in [7, 11) is 1.30. The number of benzene rings is 2. The van der Waals surface area contributed by atoms with E-state index in [1.54, 1.807) is 36.5 Å². The fraction of sp³-hybridized carbons (Fsp3) is 0.211. The summed E-state index contributed by atoms with van der Waals surface area (Å²) >= 11 is 0. The quantitative estimate of drug-likeness (QED) is 0.858. The maximum absolute atomic E-state index is 12.5. The second-order valence-electron chi connectivity index (χ2n) is 5.85. The van der Waals surface area contributed by atoms with Gasteiger partial charge in [-0.2, -0.15) is 0 Å². The summed E-state index contributed by atoms with van der Waals surface area (Å²) < 4.78 is 16.2. The highest BCUT2D eigenvalue weighted by Crippen LogP contribution is 2.45. The van der Waals surface area contributed by atoms with Crippen molar-refractivity contribution < 1.29 is 23.8 Å². The highest BCUT2D eigenvalue weighted by atomic mass is 16.7. The zero-order valence-electron chi connectivity index (χ0n) is 14.0. The fourth-order valence-corrected chi connectivity index (χ4v) is 3.03. The van der Waals surface area contributed by atoms with Crippen LogP contribution in [0.4, 0.5) is 11.4 Å². The van der Waals surface area contributed by atoms with Gasteiger partial charge in [-0.25, -0.2) is 4.79 Å². The van der Waals surface area contributed by atoms with Gasteiger partial charge in [0.25, 0.3) is 5.91 Å². The van der Waals surface area contributed by atoms with Crippen molar-refractivity contribution in [2.24, 2.45) is 4.99 Å². The first-order valence-electron chi connectivity index (χ1n) is 8.09. The molecule has 0 saturated carbocycles. The molecule has 2 aromatic rings. The van der Waals surface area contributed by atoms with Crippen LogP contribution in [0.5, 0.6) is 0 Å². The Balaban J connectivity index is 1.77. The van der Waals surface area contributed by atoms with Crippen molar-refractivity contribution in [1.29, 1.82) is 0 Å². The molecule has 132 valence electrons. The number of amides is 1. The lowest BCUT2D eigenvalue weighted by molar-refractivity contribution is -0.0970. The van der Waals surface area contributed by atoms with E-state index < -0.39 is 11.8 Å². The number of hydrogen-bond acceptors (Lipinski definition) is 6. The highest BCUT2D eigenvalue weighted by molar-refractivity contribution is 6.08. The van der Waals surface area contributed by atoms with Crippen molar-refractivity contribution in [2.75, 3.05) is 25.6 Å². The van der Waals surface area contributed by atoms with Gasteiger partial charge in [-0.15, -0.1) is 0 Å². The van der Waals surface area contributed by atoms with Crippen LogP contribution < -0.4 is 5.32 Å². The van der Waals surface area contributed by atoms with Gasteiger partial charge < -0.3 is 19.5 Å². The lowest BCUT2D eigenvalue weighted by atomic mass is 10.0. The molecule has 1 fully saturated rings. The molecule has 26 heavy (non-hydrogen) atoms. The molecule has 1 saturated heterocycles. The third-order valence-electron chi connectivity index (χ3n) is 4.27. The first-order valence-corrected chi connectivity index (χ1v) is 8.09. The summed E-state index contributed by atoms with van der Waals surface area (Å²) in [4.78, 5) is 29.0. The van der Waals surface area contributed by atoms with Crippen molar-refractivity contribution in [3.05, 3.63) is 59.2 Å². The van der Waals surface area contributed by atoms with E-state index in [9.17, 15) is 9.59 Å². The van der Waals surface area contributed by atoms with Crippen LogP contribution in [0.25, 0.3) is 0 Å². The summed E-state index contributed by atoms with van der Waals surface area (Å²) in [5.74, 6) is -1.95. The standard InChI is InChI=1S/C19H16N2O5/c1-24-18(23)13-9-14-16(20-11-19(14)25-7-8-26-19)15(10-13)21-17(22)12-5-3-2-4-6-12/h2-6,9-11H,7-8H2,1H3,(H,21,22). The Labute approximate surface area is 149 Å². The first kappa shape index (κ1) is 16.4. The summed E-state index contributed by atoms with van der Waals surface area (Å²) in [5, 5.41) is 2.81. The van der Waals surface area contributed by atoms with Crippen LogP contribution in [0.15, 0.2) is 47.5 Å². The predicted molar refractivity (Wildman–Crippen MR) is 93.9 cm³/mol. The molecule has 0 aromatic heterocycles. The molecule has 0 atom stereocenters. The second kappa shape index (κ2) is 6.36. The normalized spacial score (nSPS) is 16.5. The van der Waals surface area contributed by atoms with Crippen molar-refractivity contribution in [2.45, 2.75) is 5.79 Å². The highest BCUT2D eigenvalue weighted by Gasteiger charge is 2.44. The van der Waals surface area contributed by atoms with Crippen LogP contribution in [-0.2, 0) is 20.0 Å². The second-order valence-corrected chi connectivity index (χ2v) is 5.85. The summed E-state index contributed by atoms with van der Waals surface area (Å²) in [6, 6.07) is 11.9. The van der Waals surface area contributed by atoms with E-state index in [-0.39, 0.29) is 11.5 Å². The van der Waals surface area contributed by atoms with Crippen LogP contribution in [0.2, 0.25) is 0 Å². The number of nitrogens with zero attached hydrogens (tertiary/aromatic N) is 1. The molecular weight excluding hydrogens is 336 g/mol. The Morgan fingerprint density at radius 1 is 1.12 bits per heavy atom. The Bertz CT molecular complexity index is 902.